The molecule has 0 radical (unpaired) electrons. The lowest BCUT2D eigenvalue weighted by molar-refractivity contribution is 0.708. The summed E-state index contributed by atoms with van der Waals surface area (Å²) < 4.78 is 0. The molecule has 1 N–H and O–H groups in total. The largest absolute Gasteiger partial charge is 0.316 e. The van der Waals surface area contributed by atoms with Crippen molar-refractivity contribution in [2.45, 2.75) is 33.6 Å². The highest BCUT2D eigenvalue weighted by molar-refractivity contribution is 7.11. The van der Waals surface area contributed by atoms with Crippen LogP contribution in [0.25, 0.3) is 0 Å². The summed E-state index contributed by atoms with van der Waals surface area (Å²) in [6, 6.07) is 0. The number of rotatable bonds is 0. The minimum atomic E-state index is 1.09. The Hall–Kier alpha value is -0.410. The summed E-state index contributed by atoms with van der Waals surface area (Å²) in [6.07, 6.45) is 2.28. The zero-order valence-electron chi connectivity index (χ0n) is 8.68. The maximum atomic E-state index is 4.49. The van der Waals surface area contributed by atoms with E-state index in [2.05, 4.69) is 17.2 Å². The fourth-order valence-electron chi connectivity index (χ4n) is 1.44. The molecule has 0 unspecified atom stereocenters. The van der Waals surface area contributed by atoms with Gasteiger partial charge in [-0.05, 0) is 13.3 Å². The van der Waals surface area contributed by atoms with E-state index in [0.29, 0.717) is 0 Å². The molecule has 1 aromatic rings. The third-order valence-electron chi connectivity index (χ3n) is 1.95. The summed E-state index contributed by atoms with van der Waals surface area (Å²) in [5.74, 6) is 0. The zero-order valence-corrected chi connectivity index (χ0v) is 9.50. The lowest BCUT2D eigenvalue weighted by Gasteiger charge is -1.93. The molecule has 1 aromatic heterocycles. The number of hydrogen-bond donors (Lipinski definition) is 1. The molecule has 2 nitrogen and oxygen atoms in total. The van der Waals surface area contributed by atoms with E-state index >= 15 is 0 Å². The summed E-state index contributed by atoms with van der Waals surface area (Å²) in [4.78, 5) is 5.98. The number of hydrogen-bond acceptors (Lipinski definition) is 3. The van der Waals surface area contributed by atoms with Crippen LogP contribution in [0.3, 0.4) is 0 Å². The van der Waals surface area contributed by atoms with Crippen molar-refractivity contribution in [2.24, 2.45) is 0 Å². The Morgan fingerprint density at radius 1 is 1.23 bits per heavy atom. The van der Waals surface area contributed by atoms with E-state index in [1.165, 1.54) is 22.0 Å². The van der Waals surface area contributed by atoms with Crippen LogP contribution in [0.4, 0.5) is 0 Å². The zero-order chi connectivity index (χ0) is 9.68. The highest BCUT2D eigenvalue weighted by atomic mass is 32.1. The molecule has 0 atom stereocenters. The van der Waals surface area contributed by atoms with Gasteiger partial charge in [0.1, 0.15) is 0 Å². The van der Waals surface area contributed by atoms with Gasteiger partial charge >= 0.3 is 0 Å². The fourth-order valence-corrected chi connectivity index (χ4v) is 2.42. The first-order valence-electron chi connectivity index (χ1n) is 5.02. The molecular formula is C10H18N2S. The van der Waals surface area contributed by atoms with Crippen LogP contribution < -0.4 is 5.32 Å². The third-order valence-corrected chi connectivity index (χ3v) is 3.03. The van der Waals surface area contributed by atoms with Gasteiger partial charge < -0.3 is 5.32 Å². The molecule has 0 fully saturated rings. The predicted octanol–water partition coefficient (Wildman–Crippen LogP) is 2.17. The van der Waals surface area contributed by atoms with E-state index in [4.69, 9.17) is 0 Å². The van der Waals surface area contributed by atoms with Gasteiger partial charge in [-0.15, -0.1) is 11.3 Å². The standard InChI is InChI=1S/C8H12N2S.C2H6/c1-6-10-7-2-4-9-5-3-8(7)11-6;1-2/h9H,2-5H2,1H3;1-2H3. The van der Waals surface area contributed by atoms with E-state index in [1.807, 2.05) is 25.2 Å². The predicted molar refractivity (Wildman–Crippen MR) is 58.5 cm³/mol. The number of nitrogens with one attached hydrogen (secondary N) is 1. The maximum absolute atomic E-state index is 4.49. The minimum absolute atomic E-state index is 1.09. The number of fused-ring (bicyclic) bond motifs is 1. The lowest BCUT2D eigenvalue weighted by Crippen LogP contribution is -2.16. The number of nitrogens with zero attached hydrogens (tertiary/aromatic N) is 1. The molecular weight excluding hydrogens is 180 g/mol. The molecule has 74 valence electrons. The highest BCUT2D eigenvalue weighted by Crippen LogP contribution is 2.19. The normalized spacial score (nSPS) is 15.3. The first-order chi connectivity index (χ1) is 6.36. The summed E-state index contributed by atoms with van der Waals surface area (Å²) in [6.45, 7) is 8.30. The van der Waals surface area contributed by atoms with Crippen molar-refractivity contribution < 1.29 is 0 Å². The monoisotopic (exact) mass is 198 g/mol. The molecule has 0 aromatic carbocycles. The van der Waals surface area contributed by atoms with Crippen LogP contribution >= 0.6 is 11.3 Å². The lowest BCUT2D eigenvalue weighted by atomic mass is 10.2. The van der Waals surface area contributed by atoms with Crippen molar-refractivity contribution in [3.63, 3.8) is 0 Å². The van der Waals surface area contributed by atoms with Crippen molar-refractivity contribution >= 4 is 11.3 Å². The molecule has 0 aliphatic carbocycles. The third kappa shape index (κ3) is 2.78. The Morgan fingerprint density at radius 2 is 1.92 bits per heavy atom. The topological polar surface area (TPSA) is 24.9 Å². The Balaban J connectivity index is 0.000000396. The smallest absolute Gasteiger partial charge is 0.0900 e. The van der Waals surface area contributed by atoms with Gasteiger partial charge in [0, 0.05) is 24.4 Å². The Labute approximate surface area is 84.4 Å². The average molecular weight is 198 g/mol. The Kier molecular flexibility index (Phi) is 4.39. The Morgan fingerprint density at radius 3 is 2.69 bits per heavy atom. The molecule has 13 heavy (non-hydrogen) atoms. The van der Waals surface area contributed by atoms with Gasteiger partial charge in [-0.3, -0.25) is 0 Å². The summed E-state index contributed by atoms with van der Waals surface area (Å²) in [5.41, 5.74) is 1.33. The quantitative estimate of drug-likeness (QED) is 0.691. The summed E-state index contributed by atoms with van der Waals surface area (Å²) in [7, 11) is 0. The van der Waals surface area contributed by atoms with Crippen LogP contribution in [0.1, 0.15) is 29.4 Å². The molecule has 0 bridgehead atoms. The number of thiazole rings is 1. The van der Waals surface area contributed by atoms with Gasteiger partial charge in [0.25, 0.3) is 0 Å². The van der Waals surface area contributed by atoms with Gasteiger partial charge in [-0.1, -0.05) is 13.8 Å². The van der Waals surface area contributed by atoms with Gasteiger partial charge in [-0.2, -0.15) is 0 Å². The molecule has 1 aliphatic heterocycles. The maximum Gasteiger partial charge on any atom is 0.0900 e. The highest BCUT2D eigenvalue weighted by Gasteiger charge is 2.10. The van der Waals surface area contributed by atoms with E-state index < -0.39 is 0 Å². The second-order valence-corrected chi connectivity index (χ2v) is 4.14. The molecule has 0 saturated carbocycles. The summed E-state index contributed by atoms with van der Waals surface area (Å²) >= 11 is 1.85. The molecule has 0 spiro atoms. The van der Waals surface area contributed by atoms with Crippen molar-refractivity contribution in [1.29, 1.82) is 0 Å². The first kappa shape index (κ1) is 10.7. The second-order valence-electron chi connectivity index (χ2n) is 2.85. The van der Waals surface area contributed by atoms with Crippen LogP contribution in [-0.4, -0.2) is 18.1 Å². The molecule has 3 heteroatoms. The molecule has 1 aliphatic rings. The second kappa shape index (κ2) is 5.35. The SMILES string of the molecule is CC.Cc1nc2c(s1)CCNCC2. The molecule has 0 amide bonds. The first-order valence-corrected chi connectivity index (χ1v) is 5.84. The van der Waals surface area contributed by atoms with Crippen LogP contribution in [0.15, 0.2) is 0 Å². The van der Waals surface area contributed by atoms with Crippen LogP contribution in [0, 0.1) is 6.92 Å². The van der Waals surface area contributed by atoms with Crippen molar-refractivity contribution in [3.8, 4) is 0 Å². The van der Waals surface area contributed by atoms with Crippen LogP contribution in [0.5, 0.6) is 0 Å². The molecule has 2 heterocycles. The minimum Gasteiger partial charge on any atom is -0.316 e. The van der Waals surface area contributed by atoms with Gasteiger partial charge in [0.15, 0.2) is 0 Å². The van der Waals surface area contributed by atoms with E-state index in [0.717, 1.165) is 19.5 Å². The van der Waals surface area contributed by atoms with E-state index in [9.17, 15) is 0 Å². The van der Waals surface area contributed by atoms with Gasteiger partial charge in [-0.25, -0.2) is 4.98 Å². The van der Waals surface area contributed by atoms with Crippen molar-refractivity contribution in [3.05, 3.63) is 15.6 Å². The van der Waals surface area contributed by atoms with Crippen molar-refractivity contribution in [2.75, 3.05) is 13.1 Å². The van der Waals surface area contributed by atoms with Crippen LogP contribution in [-0.2, 0) is 12.8 Å². The molecule has 0 saturated heterocycles. The molecule has 2 rings (SSSR count). The summed E-state index contributed by atoms with van der Waals surface area (Å²) in [5, 5.41) is 4.59. The van der Waals surface area contributed by atoms with E-state index in [-0.39, 0.29) is 0 Å². The van der Waals surface area contributed by atoms with Crippen molar-refractivity contribution in [1.82, 2.24) is 10.3 Å². The fraction of sp³-hybridized carbons (Fsp3) is 0.700. The Bertz CT molecular complexity index is 232. The average Bonchev–Trinajstić information content (AvgIpc) is 2.36. The number of aryl methyl sites for hydroxylation is 1. The van der Waals surface area contributed by atoms with E-state index in [1.54, 1.807) is 0 Å². The van der Waals surface area contributed by atoms with Crippen LogP contribution in [0.2, 0.25) is 0 Å². The van der Waals surface area contributed by atoms with Gasteiger partial charge in [0.2, 0.25) is 0 Å². The number of aromatic nitrogens is 1. The van der Waals surface area contributed by atoms with Gasteiger partial charge in [0.05, 0.1) is 10.7 Å².